The fourth-order valence-electron chi connectivity index (χ4n) is 4.57. The van der Waals surface area contributed by atoms with E-state index in [0.29, 0.717) is 0 Å². The number of carbonyl (C=O) groups is 1. The molecule has 1 spiro atoms. The summed E-state index contributed by atoms with van der Waals surface area (Å²) in [6.07, 6.45) is 4.60. The van der Waals surface area contributed by atoms with Gasteiger partial charge in [-0.3, -0.25) is 4.79 Å². The van der Waals surface area contributed by atoms with Gasteiger partial charge in [0.1, 0.15) is 0 Å². The Hall–Kier alpha value is -3.04. The smallest absolute Gasteiger partial charge is 0.251 e. The average molecular weight is 495 g/mol. The van der Waals surface area contributed by atoms with Crippen molar-refractivity contribution in [2.75, 3.05) is 12.4 Å². The van der Waals surface area contributed by atoms with Crippen LogP contribution in [0.25, 0.3) is 11.1 Å². The van der Waals surface area contributed by atoms with Crippen LogP contribution in [0, 0.1) is 0 Å². The van der Waals surface area contributed by atoms with E-state index < -0.39 is 11.2 Å². The van der Waals surface area contributed by atoms with Crippen LogP contribution < -0.4 is 20.5 Å². The summed E-state index contributed by atoms with van der Waals surface area (Å²) < 4.78 is 21.3. The van der Waals surface area contributed by atoms with E-state index >= 15 is 0 Å². The van der Waals surface area contributed by atoms with Crippen LogP contribution in [0.4, 0.5) is 5.69 Å². The minimum atomic E-state index is -0.510. The van der Waals surface area contributed by atoms with E-state index in [4.69, 9.17) is 14.0 Å². The average Bonchev–Trinajstić information content (AvgIpc) is 3.58. The maximum atomic E-state index is 13.3. The van der Waals surface area contributed by atoms with E-state index in [1.54, 1.807) is 0 Å². The van der Waals surface area contributed by atoms with Gasteiger partial charge >= 0.3 is 0 Å². The molecule has 7 nitrogen and oxygen atoms in total. The van der Waals surface area contributed by atoms with Crippen LogP contribution in [-0.4, -0.2) is 28.8 Å². The van der Waals surface area contributed by atoms with Gasteiger partial charge in [-0.05, 0) is 79.4 Å². The second-order valence-electron chi connectivity index (χ2n) is 8.86. The highest BCUT2D eigenvalue weighted by Gasteiger charge is 2.53. The van der Waals surface area contributed by atoms with Crippen LogP contribution in [0.5, 0.6) is 11.5 Å². The Labute approximate surface area is 209 Å². The third-order valence-electron chi connectivity index (χ3n) is 6.80. The predicted molar refractivity (Wildman–Crippen MR) is 138 cm³/mol. The van der Waals surface area contributed by atoms with Crippen LogP contribution in [0.15, 0.2) is 71.6 Å². The summed E-state index contributed by atoms with van der Waals surface area (Å²) in [6.45, 7) is 0. The van der Waals surface area contributed by atoms with Gasteiger partial charge < -0.3 is 30.6 Å². The second kappa shape index (κ2) is 9.91. The van der Waals surface area contributed by atoms with Crippen molar-refractivity contribution in [1.29, 1.82) is 0 Å². The fourth-order valence-corrected chi connectivity index (χ4v) is 4.83. The number of rotatable bonds is 5. The molecule has 1 amide bonds. The lowest BCUT2D eigenvalue weighted by molar-refractivity contribution is -0.138. The number of nitrogens with two attached hydrogens (primary N) is 1. The van der Waals surface area contributed by atoms with Gasteiger partial charge in [0.25, 0.3) is 5.79 Å². The summed E-state index contributed by atoms with van der Waals surface area (Å²) in [5, 5.41) is 3.13. The molecule has 0 atom stereocenters. The van der Waals surface area contributed by atoms with Crippen molar-refractivity contribution < 1.29 is 24.3 Å². The molecule has 2 aliphatic carbocycles. The highest BCUT2D eigenvalue weighted by molar-refractivity contribution is 7.93. The summed E-state index contributed by atoms with van der Waals surface area (Å²) in [7, 11) is 1.50. The normalized spacial score (nSPS) is 17.3. The molecule has 8 heteroatoms. The Kier molecular flexibility index (Phi) is 7.10. The Morgan fingerprint density at radius 1 is 0.914 bits per heavy atom. The number of nitrogens with one attached hydrogen (secondary N) is 1. The number of benzene rings is 3. The number of fused-ring (bicyclic) bond motifs is 1. The molecule has 2 fully saturated rings. The molecule has 35 heavy (non-hydrogen) atoms. The van der Waals surface area contributed by atoms with Gasteiger partial charge in [0, 0.05) is 35.5 Å². The van der Waals surface area contributed by atoms with Crippen LogP contribution in [-0.2, 0) is 10.2 Å². The Bertz CT molecular complexity index is 1210. The summed E-state index contributed by atoms with van der Waals surface area (Å²) in [5.74, 6) is 1.09. The fraction of sp³-hybridized carbons (Fsp3) is 0.296. The lowest BCUT2D eigenvalue weighted by Gasteiger charge is -2.35. The first-order valence-corrected chi connectivity index (χ1v) is 12.3. The van der Waals surface area contributed by atoms with Crippen LogP contribution in [0.1, 0.15) is 37.7 Å². The molecule has 0 bridgehead atoms. The largest absolute Gasteiger partial charge is 0.448 e. The van der Waals surface area contributed by atoms with Gasteiger partial charge in [-0.25, -0.2) is 0 Å². The Morgan fingerprint density at radius 3 is 2.26 bits per heavy atom. The highest BCUT2D eigenvalue weighted by Crippen LogP contribution is 2.54. The van der Waals surface area contributed by atoms with Crippen LogP contribution >= 0.6 is 12.0 Å². The molecular weight excluding hydrogens is 464 g/mol. The molecule has 2 saturated carbocycles. The molecule has 1 aliphatic heterocycles. The molecular formula is C27H30N2O5S. The van der Waals surface area contributed by atoms with Crippen molar-refractivity contribution in [3.05, 3.63) is 72.3 Å². The Balaban J connectivity index is 0.000000940. The first kappa shape index (κ1) is 25.1. The van der Waals surface area contributed by atoms with Crippen molar-refractivity contribution in [3.8, 4) is 22.6 Å². The summed E-state index contributed by atoms with van der Waals surface area (Å²) in [6, 6.07) is 21.5. The molecule has 3 aromatic rings. The molecule has 184 valence electrons. The zero-order valence-electron chi connectivity index (χ0n) is 19.5. The first-order valence-electron chi connectivity index (χ1n) is 11.5. The summed E-state index contributed by atoms with van der Waals surface area (Å²) in [5.41, 5.74) is 7.79. The summed E-state index contributed by atoms with van der Waals surface area (Å²) in [4.78, 5) is 14.1. The van der Waals surface area contributed by atoms with E-state index in [1.165, 1.54) is 7.05 Å². The molecule has 3 aliphatic rings. The standard InChI is InChI=1S/C26H23NO4S.CH5N.H2O/c28-24(27-20-4-1-3-18(15-20)17-5-8-21(32-29)9-6-17)25(13-14-25)19-7-10-22-23(16-19)31-26(30-22)11-2-12-26;1-2;/h1,3-10,15-16,29H,2,11-14H2,(H,27,28);2H2,1H3;1H2. The Morgan fingerprint density at radius 2 is 1.63 bits per heavy atom. The zero-order valence-corrected chi connectivity index (χ0v) is 20.4. The SMILES string of the molecule is CN.O.O=C(Nc1cccc(-c2ccc(SO)cc2)c1)C1(c2ccc3c(c2)OC2(CCC2)O3)CC1. The molecule has 0 radical (unpaired) electrons. The van der Waals surface area contributed by atoms with Gasteiger partial charge in [-0.2, -0.15) is 0 Å². The molecule has 0 aromatic heterocycles. The van der Waals surface area contributed by atoms with Crippen molar-refractivity contribution in [1.82, 2.24) is 0 Å². The van der Waals surface area contributed by atoms with Gasteiger partial charge in [0.2, 0.25) is 5.91 Å². The van der Waals surface area contributed by atoms with Gasteiger partial charge in [0.05, 0.1) is 5.41 Å². The lowest BCUT2D eigenvalue weighted by Crippen LogP contribution is -2.45. The van der Waals surface area contributed by atoms with Crippen LogP contribution in [0.3, 0.4) is 0 Å². The van der Waals surface area contributed by atoms with Crippen molar-refractivity contribution in [2.24, 2.45) is 5.73 Å². The highest BCUT2D eigenvalue weighted by atomic mass is 32.2. The van der Waals surface area contributed by atoms with Crippen molar-refractivity contribution in [2.45, 2.75) is 48.2 Å². The number of hydrogen-bond acceptors (Lipinski definition) is 6. The number of anilines is 1. The number of hydrogen-bond donors (Lipinski definition) is 3. The minimum Gasteiger partial charge on any atom is -0.448 e. The van der Waals surface area contributed by atoms with Gasteiger partial charge in [0.15, 0.2) is 11.5 Å². The first-order chi connectivity index (χ1) is 16.6. The van der Waals surface area contributed by atoms with E-state index in [9.17, 15) is 4.79 Å². The molecule has 6 rings (SSSR count). The lowest BCUT2D eigenvalue weighted by atomic mass is 9.91. The molecule has 3 aromatic carbocycles. The third kappa shape index (κ3) is 4.62. The van der Waals surface area contributed by atoms with E-state index in [0.717, 1.165) is 82.9 Å². The number of amides is 1. The van der Waals surface area contributed by atoms with Crippen LogP contribution in [0.2, 0.25) is 0 Å². The van der Waals surface area contributed by atoms with Crippen molar-refractivity contribution in [3.63, 3.8) is 0 Å². The second-order valence-corrected chi connectivity index (χ2v) is 9.52. The third-order valence-corrected chi connectivity index (χ3v) is 7.28. The monoisotopic (exact) mass is 494 g/mol. The maximum Gasteiger partial charge on any atom is 0.251 e. The molecule has 1 heterocycles. The van der Waals surface area contributed by atoms with E-state index in [-0.39, 0.29) is 11.4 Å². The molecule has 0 saturated heterocycles. The van der Waals surface area contributed by atoms with E-state index in [2.05, 4.69) is 11.1 Å². The van der Waals surface area contributed by atoms with Gasteiger partial charge in [-0.15, -0.1) is 0 Å². The topological polar surface area (TPSA) is 125 Å². The number of carbonyl (C=O) groups excluding carboxylic acids is 1. The van der Waals surface area contributed by atoms with E-state index in [1.807, 2.05) is 66.7 Å². The minimum absolute atomic E-state index is 0. The van der Waals surface area contributed by atoms with Crippen molar-refractivity contribution >= 4 is 23.6 Å². The molecule has 6 N–H and O–H groups in total. The maximum absolute atomic E-state index is 13.3. The molecule has 0 unspecified atom stereocenters. The number of ether oxygens (including phenoxy) is 2. The summed E-state index contributed by atoms with van der Waals surface area (Å²) >= 11 is 0.730. The zero-order chi connectivity index (χ0) is 23.8. The quantitative estimate of drug-likeness (QED) is 0.429. The van der Waals surface area contributed by atoms with Gasteiger partial charge in [-0.1, -0.05) is 30.3 Å². The predicted octanol–water partition coefficient (Wildman–Crippen LogP) is 4.99.